The van der Waals surface area contributed by atoms with Gasteiger partial charge in [-0.3, -0.25) is 4.79 Å². The lowest BCUT2D eigenvalue weighted by atomic mass is 10.0. The normalized spacial score (nSPS) is 23.9. The summed E-state index contributed by atoms with van der Waals surface area (Å²) >= 11 is 0. The van der Waals surface area contributed by atoms with E-state index in [1.165, 1.54) is 0 Å². The molecule has 1 amide bonds. The number of fused-ring (bicyclic) bond motifs is 1. The van der Waals surface area contributed by atoms with Crippen LogP contribution in [0.1, 0.15) is 32.1 Å². The highest BCUT2D eigenvalue weighted by molar-refractivity contribution is 5.81. The molecule has 0 spiro atoms. The van der Waals surface area contributed by atoms with Crippen LogP contribution in [-0.4, -0.2) is 18.5 Å². The predicted octanol–water partition coefficient (Wildman–Crippen LogP) is 2.61. The van der Waals surface area contributed by atoms with Crippen LogP contribution < -0.4 is 10.6 Å². The van der Waals surface area contributed by atoms with E-state index in [1.54, 1.807) is 0 Å². The second-order valence-corrected chi connectivity index (χ2v) is 5.55. The fourth-order valence-electron chi connectivity index (χ4n) is 2.82. The number of benzene rings is 1. The molecule has 1 saturated heterocycles. The SMILES string of the molecule is CC(NC(=O)C1CCNC1C)c1cc2ccccc2o1. The van der Waals surface area contributed by atoms with Crippen LogP contribution in [0.15, 0.2) is 34.7 Å². The van der Waals surface area contributed by atoms with Gasteiger partial charge in [-0.05, 0) is 38.9 Å². The van der Waals surface area contributed by atoms with Crippen molar-refractivity contribution < 1.29 is 9.21 Å². The number of carbonyl (C=O) groups excluding carboxylic acids is 1. The van der Waals surface area contributed by atoms with Crippen LogP contribution in [0.4, 0.5) is 0 Å². The number of para-hydroxylation sites is 1. The molecule has 4 nitrogen and oxygen atoms in total. The molecule has 2 aromatic rings. The molecule has 1 aliphatic heterocycles. The molecule has 0 bridgehead atoms. The number of furan rings is 1. The van der Waals surface area contributed by atoms with E-state index in [2.05, 4.69) is 17.6 Å². The zero-order valence-electron chi connectivity index (χ0n) is 11.8. The highest BCUT2D eigenvalue weighted by Crippen LogP contribution is 2.24. The maximum atomic E-state index is 12.3. The Balaban J connectivity index is 1.72. The summed E-state index contributed by atoms with van der Waals surface area (Å²) in [5, 5.41) is 7.43. The molecule has 1 aliphatic rings. The highest BCUT2D eigenvalue weighted by atomic mass is 16.3. The van der Waals surface area contributed by atoms with Gasteiger partial charge in [-0.1, -0.05) is 18.2 Å². The third kappa shape index (κ3) is 2.43. The number of rotatable bonds is 3. The first-order valence-electron chi connectivity index (χ1n) is 7.17. The molecular formula is C16H20N2O2. The molecular weight excluding hydrogens is 252 g/mol. The van der Waals surface area contributed by atoms with E-state index >= 15 is 0 Å². The topological polar surface area (TPSA) is 54.3 Å². The molecule has 2 heterocycles. The van der Waals surface area contributed by atoms with Crippen molar-refractivity contribution in [3.8, 4) is 0 Å². The van der Waals surface area contributed by atoms with Crippen molar-refractivity contribution in [3.05, 3.63) is 36.1 Å². The molecule has 3 unspecified atom stereocenters. The minimum Gasteiger partial charge on any atom is -0.459 e. The molecule has 0 saturated carbocycles. The van der Waals surface area contributed by atoms with Gasteiger partial charge in [0, 0.05) is 11.4 Å². The van der Waals surface area contributed by atoms with Gasteiger partial charge in [-0.2, -0.15) is 0 Å². The smallest absolute Gasteiger partial charge is 0.225 e. The van der Waals surface area contributed by atoms with Crippen molar-refractivity contribution in [2.45, 2.75) is 32.4 Å². The number of hydrogen-bond acceptors (Lipinski definition) is 3. The van der Waals surface area contributed by atoms with Crippen LogP contribution in [0.2, 0.25) is 0 Å². The monoisotopic (exact) mass is 272 g/mol. The summed E-state index contributed by atoms with van der Waals surface area (Å²) in [6.07, 6.45) is 0.903. The van der Waals surface area contributed by atoms with Gasteiger partial charge >= 0.3 is 0 Å². The Labute approximate surface area is 118 Å². The first kappa shape index (κ1) is 13.2. The van der Waals surface area contributed by atoms with Crippen LogP contribution in [0, 0.1) is 5.92 Å². The van der Waals surface area contributed by atoms with Gasteiger partial charge < -0.3 is 15.1 Å². The third-order valence-corrected chi connectivity index (χ3v) is 4.09. The Morgan fingerprint density at radius 1 is 1.45 bits per heavy atom. The zero-order chi connectivity index (χ0) is 14.1. The summed E-state index contributed by atoms with van der Waals surface area (Å²) in [4.78, 5) is 12.3. The van der Waals surface area contributed by atoms with Gasteiger partial charge in [0.25, 0.3) is 0 Å². The maximum absolute atomic E-state index is 12.3. The second-order valence-electron chi connectivity index (χ2n) is 5.55. The third-order valence-electron chi connectivity index (χ3n) is 4.09. The molecule has 0 aliphatic carbocycles. The molecule has 4 heteroatoms. The van der Waals surface area contributed by atoms with E-state index in [0.717, 1.165) is 29.7 Å². The van der Waals surface area contributed by atoms with E-state index in [9.17, 15) is 4.79 Å². The second kappa shape index (κ2) is 5.29. The lowest BCUT2D eigenvalue weighted by Gasteiger charge is -2.18. The average Bonchev–Trinajstić information content (AvgIpc) is 3.04. The number of nitrogens with one attached hydrogen (secondary N) is 2. The summed E-state index contributed by atoms with van der Waals surface area (Å²) in [6, 6.07) is 10.0. The maximum Gasteiger partial charge on any atom is 0.225 e. The van der Waals surface area contributed by atoms with E-state index < -0.39 is 0 Å². The van der Waals surface area contributed by atoms with Gasteiger partial charge in [-0.15, -0.1) is 0 Å². The van der Waals surface area contributed by atoms with Gasteiger partial charge in [-0.25, -0.2) is 0 Å². The molecule has 1 fully saturated rings. The van der Waals surface area contributed by atoms with Crippen molar-refractivity contribution in [1.29, 1.82) is 0 Å². The Morgan fingerprint density at radius 3 is 2.95 bits per heavy atom. The first-order chi connectivity index (χ1) is 9.65. The fourth-order valence-corrected chi connectivity index (χ4v) is 2.82. The molecule has 1 aromatic carbocycles. The molecule has 2 N–H and O–H groups in total. The largest absolute Gasteiger partial charge is 0.459 e. The minimum atomic E-state index is -0.109. The Kier molecular flexibility index (Phi) is 3.49. The van der Waals surface area contributed by atoms with Crippen molar-refractivity contribution >= 4 is 16.9 Å². The van der Waals surface area contributed by atoms with E-state index in [-0.39, 0.29) is 23.9 Å². The van der Waals surface area contributed by atoms with Crippen molar-refractivity contribution in [2.75, 3.05) is 6.54 Å². The van der Waals surface area contributed by atoms with Gasteiger partial charge in [0.1, 0.15) is 11.3 Å². The van der Waals surface area contributed by atoms with E-state index in [0.29, 0.717) is 0 Å². The van der Waals surface area contributed by atoms with E-state index in [4.69, 9.17) is 4.42 Å². The number of hydrogen-bond donors (Lipinski definition) is 2. The van der Waals surface area contributed by atoms with Crippen LogP contribution in [0.25, 0.3) is 11.0 Å². The molecule has 20 heavy (non-hydrogen) atoms. The molecule has 3 rings (SSSR count). The standard InChI is InChI=1S/C16H20N2O2/c1-10-13(7-8-17-10)16(19)18-11(2)15-9-12-5-3-4-6-14(12)20-15/h3-6,9-11,13,17H,7-8H2,1-2H3,(H,18,19). The summed E-state index contributed by atoms with van der Waals surface area (Å²) in [5.74, 6) is 0.968. The Bertz CT molecular complexity index is 587. The van der Waals surface area contributed by atoms with Crippen LogP contribution >= 0.6 is 0 Å². The van der Waals surface area contributed by atoms with Crippen LogP contribution in [0.3, 0.4) is 0 Å². The minimum absolute atomic E-state index is 0.0572. The van der Waals surface area contributed by atoms with E-state index in [1.807, 2.05) is 37.3 Å². The molecule has 106 valence electrons. The van der Waals surface area contributed by atoms with Crippen molar-refractivity contribution in [3.63, 3.8) is 0 Å². The lowest BCUT2D eigenvalue weighted by Crippen LogP contribution is -2.37. The molecule has 3 atom stereocenters. The first-order valence-corrected chi connectivity index (χ1v) is 7.17. The van der Waals surface area contributed by atoms with Gasteiger partial charge in [0.2, 0.25) is 5.91 Å². The Morgan fingerprint density at radius 2 is 2.25 bits per heavy atom. The summed E-state index contributed by atoms with van der Waals surface area (Å²) in [6.45, 7) is 4.93. The lowest BCUT2D eigenvalue weighted by molar-refractivity contribution is -0.125. The number of carbonyl (C=O) groups is 1. The predicted molar refractivity (Wildman–Crippen MR) is 78.3 cm³/mol. The van der Waals surface area contributed by atoms with Crippen molar-refractivity contribution in [2.24, 2.45) is 5.92 Å². The average molecular weight is 272 g/mol. The molecule has 1 aromatic heterocycles. The highest BCUT2D eigenvalue weighted by Gasteiger charge is 2.30. The van der Waals surface area contributed by atoms with Gasteiger partial charge in [0.05, 0.1) is 12.0 Å². The summed E-state index contributed by atoms with van der Waals surface area (Å²) < 4.78 is 5.79. The fraction of sp³-hybridized carbons (Fsp3) is 0.438. The van der Waals surface area contributed by atoms with Gasteiger partial charge in [0.15, 0.2) is 0 Å². The van der Waals surface area contributed by atoms with Crippen LogP contribution in [0.5, 0.6) is 0 Å². The van der Waals surface area contributed by atoms with Crippen LogP contribution in [-0.2, 0) is 4.79 Å². The number of amides is 1. The molecule has 0 radical (unpaired) electrons. The quantitative estimate of drug-likeness (QED) is 0.903. The summed E-state index contributed by atoms with van der Waals surface area (Å²) in [7, 11) is 0. The zero-order valence-corrected chi connectivity index (χ0v) is 11.8. The Hall–Kier alpha value is -1.81. The van der Waals surface area contributed by atoms with Crippen molar-refractivity contribution in [1.82, 2.24) is 10.6 Å². The summed E-state index contributed by atoms with van der Waals surface area (Å²) in [5.41, 5.74) is 0.861.